The topological polar surface area (TPSA) is 72.5 Å². The Hall–Kier alpha value is -1.97. The lowest BCUT2D eigenvalue weighted by molar-refractivity contribution is -0.119. The molecular formula is C13H18N2O2. The van der Waals surface area contributed by atoms with Gasteiger partial charge >= 0.3 is 0 Å². The van der Waals surface area contributed by atoms with Crippen LogP contribution in [0.1, 0.15) is 19.8 Å². The highest BCUT2D eigenvalue weighted by molar-refractivity contribution is 5.79. The molecule has 1 amide bonds. The summed E-state index contributed by atoms with van der Waals surface area (Å²) in [5.74, 6) is -0.693. The van der Waals surface area contributed by atoms with Gasteiger partial charge in [-0.15, -0.1) is 4.91 Å². The van der Waals surface area contributed by atoms with Gasteiger partial charge in [0.15, 0.2) is 6.04 Å². The molecule has 17 heavy (non-hydrogen) atoms. The Morgan fingerprint density at radius 2 is 2.12 bits per heavy atom. The molecule has 0 fully saturated rings. The number of nitrogens with two attached hydrogens (primary N) is 1. The molecule has 0 rings (SSSR count). The van der Waals surface area contributed by atoms with E-state index in [2.05, 4.69) is 18.3 Å². The summed E-state index contributed by atoms with van der Waals surface area (Å²) in [4.78, 5) is 21.2. The van der Waals surface area contributed by atoms with Crippen LogP contribution in [0.15, 0.2) is 53.8 Å². The van der Waals surface area contributed by atoms with E-state index in [4.69, 9.17) is 5.73 Å². The quantitative estimate of drug-likeness (QED) is 0.518. The van der Waals surface area contributed by atoms with Crippen molar-refractivity contribution in [3.8, 4) is 0 Å². The maximum atomic E-state index is 10.8. The van der Waals surface area contributed by atoms with Crippen LogP contribution in [-0.4, -0.2) is 11.9 Å². The zero-order chi connectivity index (χ0) is 13.3. The van der Waals surface area contributed by atoms with Gasteiger partial charge < -0.3 is 5.73 Å². The molecule has 1 unspecified atom stereocenters. The molecule has 2 N–H and O–H groups in total. The Morgan fingerprint density at radius 1 is 1.47 bits per heavy atom. The third-order valence-corrected chi connectivity index (χ3v) is 2.22. The van der Waals surface area contributed by atoms with E-state index in [1.54, 1.807) is 12.2 Å². The van der Waals surface area contributed by atoms with Gasteiger partial charge in [0.05, 0.1) is 0 Å². The summed E-state index contributed by atoms with van der Waals surface area (Å²) in [6.45, 7) is 9.20. The molecule has 92 valence electrons. The summed E-state index contributed by atoms with van der Waals surface area (Å²) in [6, 6.07) is -0.970. The molecule has 4 heteroatoms. The standard InChI is InChI=1S/C13H18N2O2/c1-4-6-10(3)9-11(5-2)7-8-12(15-17)13(14)16/h4-6,9,12H,1-2,7-8H2,3H3,(H2,14,16)/b10-6+,11-9+. The summed E-state index contributed by atoms with van der Waals surface area (Å²) in [7, 11) is 0. The number of rotatable bonds is 8. The number of hydrogen-bond acceptors (Lipinski definition) is 3. The Kier molecular flexibility index (Phi) is 7.26. The first-order chi connectivity index (χ1) is 8.04. The summed E-state index contributed by atoms with van der Waals surface area (Å²) in [5.41, 5.74) is 6.97. The molecule has 0 radical (unpaired) electrons. The van der Waals surface area contributed by atoms with E-state index in [-0.39, 0.29) is 0 Å². The molecule has 0 aliphatic heterocycles. The van der Waals surface area contributed by atoms with E-state index in [1.807, 2.05) is 19.1 Å². The number of nitroso groups, excluding NO2 is 1. The second-order valence-corrected chi connectivity index (χ2v) is 3.63. The van der Waals surface area contributed by atoms with Gasteiger partial charge in [-0.25, -0.2) is 0 Å². The van der Waals surface area contributed by atoms with Crippen LogP contribution >= 0.6 is 0 Å². The molecule has 0 aliphatic carbocycles. The lowest BCUT2D eigenvalue weighted by Crippen LogP contribution is -2.26. The fraction of sp³-hybridized carbons (Fsp3) is 0.308. The van der Waals surface area contributed by atoms with Crippen molar-refractivity contribution in [1.29, 1.82) is 0 Å². The van der Waals surface area contributed by atoms with Gasteiger partial charge in [-0.2, -0.15) is 0 Å². The van der Waals surface area contributed by atoms with Crippen molar-refractivity contribution in [3.63, 3.8) is 0 Å². The van der Waals surface area contributed by atoms with Crippen LogP contribution < -0.4 is 5.73 Å². The predicted molar refractivity (Wildman–Crippen MR) is 70.2 cm³/mol. The Labute approximate surface area is 102 Å². The van der Waals surface area contributed by atoms with Gasteiger partial charge in [-0.3, -0.25) is 4.79 Å². The first-order valence-electron chi connectivity index (χ1n) is 5.29. The summed E-state index contributed by atoms with van der Waals surface area (Å²) in [5, 5.41) is 2.69. The molecule has 0 spiro atoms. The normalized spacial score (nSPS) is 13.9. The minimum atomic E-state index is -0.970. The van der Waals surface area contributed by atoms with E-state index >= 15 is 0 Å². The largest absolute Gasteiger partial charge is 0.368 e. The highest BCUT2D eigenvalue weighted by Gasteiger charge is 2.15. The zero-order valence-electron chi connectivity index (χ0n) is 10.1. The Bertz CT molecular complexity index is 368. The maximum Gasteiger partial charge on any atom is 0.245 e. The van der Waals surface area contributed by atoms with Crippen LogP contribution in [-0.2, 0) is 4.79 Å². The highest BCUT2D eigenvalue weighted by atomic mass is 16.3. The fourth-order valence-corrected chi connectivity index (χ4v) is 1.31. The number of primary amides is 1. The van der Waals surface area contributed by atoms with Crippen LogP contribution in [0.5, 0.6) is 0 Å². The average Bonchev–Trinajstić information content (AvgIpc) is 2.28. The Balaban J connectivity index is 4.56. The molecule has 0 saturated heterocycles. The van der Waals surface area contributed by atoms with Crippen LogP contribution in [0.2, 0.25) is 0 Å². The van der Waals surface area contributed by atoms with Crippen molar-refractivity contribution in [2.45, 2.75) is 25.8 Å². The summed E-state index contributed by atoms with van der Waals surface area (Å²) in [6.07, 6.45) is 7.98. The van der Waals surface area contributed by atoms with E-state index in [9.17, 15) is 9.70 Å². The molecule has 1 atom stereocenters. The number of allylic oxidation sites excluding steroid dienone is 6. The second kappa shape index (κ2) is 8.21. The molecule has 0 aliphatic rings. The van der Waals surface area contributed by atoms with E-state index < -0.39 is 11.9 Å². The van der Waals surface area contributed by atoms with E-state index in [1.165, 1.54) is 0 Å². The first-order valence-corrected chi connectivity index (χ1v) is 5.29. The molecule has 0 saturated carbocycles. The number of carbonyl (C=O) groups is 1. The molecule has 0 aromatic rings. The maximum absolute atomic E-state index is 10.8. The second-order valence-electron chi connectivity index (χ2n) is 3.63. The fourth-order valence-electron chi connectivity index (χ4n) is 1.31. The van der Waals surface area contributed by atoms with Gasteiger partial charge in [-0.05, 0) is 25.3 Å². The van der Waals surface area contributed by atoms with Crippen molar-refractivity contribution >= 4 is 5.91 Å². The lowest BCUT2D eigenvalue weighted by atomic mass is 10.0. The molecule has 0 aromatic heterocycles. The van der Waals surface area contributed by atoms with Crippen molar-refractivity contribution < 1.29 is 4.79 Å². The van der Waals surface area contributed by atoms with Crippen molar-refractivity contribution in [2.24, 2.45) is 10.9 Å². The minimum absolute atomic E-state index is 0.304. The molecular weight excluding hydrogens is 216 g/mol. The predicted octanol–water partition coefficient (Wildman–Crippen LogP) is 2.63. The number of amides is 1. The summed E-state index contributed by atoms with van der Waals surface area (Å²) < 4.78 is 0. The summed E-state index contributed by atoms with van der Waals surface area (Å²) >= 11 is 0. The third kappa shape index (κ3) is 6.25. The van der Waals surface area contributed by atoms with Gasteiger partial charge in [0.1, 0.15) is 0 Å². The first kappa shape index (κ1) is 15.0. The van der Waals surface area contributed by atoms with Gasteiger partial charge in [-0.1, -0.05) is 48.2 Å². The van der Waals surface area contributed by atoms with Gasteiger partial charge in [0.2, 0.25) is 5.91 Å². The highest BCUT2D eigenvalue weighted by Crippen LogP contribution is 2.13. The van der Waals surface area contributed by atoms with Gasteiger partial charge in [0, 0.05) is 0 Å². The van der Waals surface area contributed by atoms with Crippen molar-refractivity contribution in [2.75, 3.05) is 0 Å². The molecule has 0 bridgehead atoms. The van der Waals surface area contributed by atoms with Crippen LogP contribution in [0.25, 0.3) is 0 Å². The third-order valence-electron chi connectivity index (χ3n) is 2.22. The number of hydrogen-bond donors (Lipinski definition) is 1. The van der Waals surface area contributed by atoms with Crippen molar-refractivity contribution in [3.05, 3.63) is 53.5 Å². The van der Waals surface area contributed by atoms with Crippen LogP contribution in [0.4, 0.5) is 0 Å². The average molecular weight is 234 g/mol. The molecule has 4 nitrogen and oxygen atoms in total. The van der Waals surface area contributed by atoms with E-state index in [0.717, 1.165) is 11.1 Å². The number of carbonyl (C=O) groups excluding carboxylic acids is 1. The lowest BCUT2D eigenvalue weighted by Gasteiger charge is -2.05. The smallest absolute Gasteiger partial charge is 0.245 e. The van der Waals surface area contributed by atoms with Gasteiger partial charge in [0.25, 0.3) is 0 Å². The zero-order valence-corrected chi connectivity index (χ0v) is 10.1. The number of nitrogens with zero attached hydrogens (tertiary/aromatic N) is 1. The Morgan fingerprint density at radius 3 is 2.53 bits per heavy atom. The molecule has 0 aromatic carbocycles. The minimum Gasteiger partial charge on any atom is -0.368 e. The van der Waals surface area contributed by atoms with E-state index in [0.29, 0.717) is 12.8 Å². The SMILES string of the molecule is C=C/C=C(C)/C=C(\C=C)CCC(N=O)C(N)=O. The van der Waals surface area contributed by atoms with Crippen LogP contribution in [0.3, 0.4) is 0 Å². The van der Waals surface area contributed by atoms with Crippen molar-refractivity contribution in [1.82, 2.24) is 0 Å². The monoisotopic (exact) mass is 234 g/mol. The van der Waals surface area contributed by atoms with Crippen LogP contribution in [0, 0.1) is 4.91 Å². The molecule has 0 heterocycles.